The van der Waals surface area contributed by atoms with Crippen molar-refractivity contribution in [2.24, 2.45) is 0 Å². The van der Waals surface area contributed by atoms with E-state index in [0.29, 0.717) is 12.1 Å². The molecule has 0 aliphatic rings. The molecule has 128 valence electrons. The number of hydrogen-bond donors (Lipinski definition) is 2. The third-order valence-electron chi connectivity index (χ3n) is 3.48. The van der Waals surface area contributed by atoms with E-state index in [4.69, 9.17) is 0 Å². The number of carbonyl (C=O) groups excluding carboxylic acids is 1. The van der Waals surface area contributed by atoms with Gasteiger partial charge in [-0.15, -0.1) is 5.10 Å². The van der Waals surface area contributed by atoms with Gasteiger partial charge in [0.15, 0.2) is 0 Å². The van der Waals surface area contributed by atoms with Crippen molar-refractivity contribution in [1.82, 2.24) is 20.3 Å². The van der Waals surface area contributed by atoms with Crippen molar-refractivity contribution >= 4 is 11.7 Å². The second kappa shape index (κ2) is 7.52. The summed E-state index contributed by atoms with van der Waals surface area (Å²) < 4.78 is 29.4. The van der Waals surface area contributed by atoms with Crippen molar-refractivity contribution in [3.05, 3.63) is 66.5 Å². The van der Waals surface area contributed by atoms with Crippen molar-refractivity contribution in [1.29, 1.82) is 0 Å². The lowest BCUT2D eigenvalue weighted by molar-refractivity contribution is 0.251. The minimum Gasteiger partial charge on any atom is -0.336 e. The Balaban J connectivity index is 1.74. The molecule has 3 rings (SSSR count). The Kier molecular flexibility index (Phi) is 4.98. The van der Waals surface area contributed by atoms with E-state index in [1.807, 2.05) is 0 Å². The van der Waals surface area contributed by atoms with Crippen LogP contribution in [-0.2, 0) is 6.54 Å². The fourth-order valence-electron chi connectivity index (χ4n) is 2.34. The highest BCUT2D eigenvalue weighted by atomic mass is 19.1. The molecule has 0 aliphatic heterocycles. The molecule has 1 aromatic heterocycles. The fourth-order valence-corrected chi connectivity index (χ4v) is 2.34. The van der Waals surface area contributed by atoms with Gasteiger partial charge in [-0.05, 0) is 11.6 Å². The summed E-state index contributed by atoms with van der Waals surface area (Å²) in [5, 5.41) is 12.5. The molecule has 2 amide bonds. The molecular formula is C17H15F2N5O. The molecule has 6 nitrogen and oxygen atoms in total. The van der Waals surface area contributed by atoms with Crippen LogP contribution in [0.2, 0.25) is 0 Å². The molecular weight excluding hydrogens is 328 g/mol. The zero-order chi connectivity index (χ0) is 17.6. The molecule has 1 heterocycles. The summed E-state index contributed by atoms with van der Waals surface area (Å²) in [7, 11) is 0. The normalized spacial score (nSPS) is 10.5. The molecule has 8 heteroatoms. The first-order chi connectivity index (χ1) is 12.1. The first-order valence-electron chi connectivity index (χ1n) is 7.57. The minimum atomic E-state index is -0.842. The number of carbonyl (C=O) groups is 1. The molecule has 0 spiro atoms. The summed E-state index contributed by atoms with van der Waals surface area (Å²) in [5.74, 6) is -1.56. The summed E-state index contributed by atoms with van der Waals surface area (Å²) in [5.41, 5.74) is 0.786. The lowest BCUT2D eigenvalue weighted by Gasteiger charge is -2.13. The molecule has 25 heavy (non-hydrogen) atoms. The zero-order valence-electron chi connectivity index (χ0n) is 13.1. The molecule has 2 aromatic carbocycles. The van der Waals surface area contributed by atoms with Crippen LogP contribution >= 0.6 is 0 Å². The lowest BCUT2D eigenvalue weighted by Crippen LogP contribution is -2.32. The van der Waals surface area contributed by atoms with Gasteiger partial charge in [0.1, 0.15) is 11.6 Å². The number of halogens is 2. The van der Waals surface area contributed by atoms with Gasteiger partial charge in [-0.1, -0.05) is 35.5 Å². The van der Waals surface area contributed by atoms with E-state index in [9.17, 15) is 13.6 Å². The molecule has 0 saturated carbocycles. The van der Waals surface area contributed by atoms with E-state index in [-0.39, 0.29) is 17.8 Å². The number of aromatic nitrogens is 3. The number of amides is 2. The molecule has 0 bridgehead atoms. The van der Waals surface area contributed by atoms with E-state index in [1.54, 1.807) is 41.2 Å². The smallest absolute Gasteiger partial charge is 0.319 e. The maximum absolute atomic E-state index is 14.2. The summed E-state index contributed by atoms with van der Waals surface area (Å²) in [4.78, 5) is 12.0. The van der Waals surface area contributed by atoms with Gasteiger partial charge >= 0.3 is 6.03 Å². The monoisotopic (exact) mass is 343 g/mol. The zero-order valence-corrected chi connectivity index (χ0v) is 13.1. The average molecular weight is 343 g/mol. The van der Waals surface area contributed by atoms with Crippen LogP contribution in [0.3, 0.4) is 0 Å². The third kappa shape index (κ3) is 4.17. The summed E-state index contributed by atoms with van der Waals surface area (Å²) in [6.45, 7) is 0.698. The maximum Gasteiger partial charge on any atom is 0.319 e. The first-order valence-corrected chi connectivity index (χ1v) is 7.57. The fraction of sp³-hybridized carbons (Fsp3) is 0.118. The Hall–Kier alpha value is -3.29. The van der Waals surface area contributed by atoms with Gasteiger partial charge in [-0.2, -0.15) is 0 Å². The number of rotatable bonds is 5. The molecule has 0 atom stereocenters. The van der Waals surface area contributed by atoms with Crippen molar-refractivity contribution in [3.63, 3.8) is 0 Å². The Bertz CT molecular complexity index is 853. The Morgan fingerprint density at radius 3 is 2.68 bits per heavy atom. The highest BCUT2D eigenvalue weighted by molar-refractivity contribution is 5.94. The Morgan fingerprint density at radius 2 is 1.96 bits per heavy atom. The van der Waals surface area contributed by atoms with Crippen molar-refractivity contribution in [2.75, 3.05) is 11.9 Å². The van der Waals surface area contributed by atoms with Gasteiger partial charge in [0, 0.05) is 24.4 Å². The third-order valence-corrected chi connectivity index (χ3v) is 3.48. The topological polar surface area (TPSA) is 71.8 Å². The van der Waals surface area contributed by atoms with Crippen molar-refractivity contribution < 1.29 is 13.6 Å². The number of hydrogen-bond acceptors (Lipinski definition) is 3. The highest BCUT2D eigenvalue weighted by Gasteiger charge is 2.15. The van der Waals surface area contributed by atoms with E-state index < -0.39 is 17.7 Å². The van der Waals surface area contributed by atoms with Crippen molar-refractivity contribution in [2.45, 2.75) is 6.54 Å². The average Bonchev–Trinajstić information content (AvgIpc) is 3.11. The highest BCUT2D eigenvalue weighted by Crippen LogP contribution is 2.31. The summed E-state index contributed by atoms with van der Waals surface area (Å²) in [6, 6.07) is 10.0. The van der Waals surface area contributed by atoms with Gasteiger partial charge < -0.3 is 10.6 Å². The SMILES string of the molecule is O=C(NCCn1ccnn1)Nc1c(F)cc(F)cc1-c1ccccc1. The Labute approximate surface area is 142 Å². The second-order valence-corrected chi connectivity index (χ2v) is 5.22. The van der Waals surface area contributed by atoms with Crippen LogP contribution in [-0.4, -0.2) is 27.6 Å². The van der Waals surface area contributed by atoms with Crippen molar-refractivity contribution in [3.8, 4) is 11.1 Å². The van der Waals surface area contributed by atoms with Crippen LogP contribution in [0.25, 0.3) is 11.1 Å². The van der Waals surface area contributed by atoms with E-state index in [2.05, 4.69) is 20.9 Å². The largest absolute Gasteiger partial charge is 0.336 e. The number of urea groups is 1. The maximum atomic E-state index is 14.2. The molecule has 0 unspecified atom stereocenters. The standard InChI is InChI=1S/C17H15F2N5O/c18-13-10-14(12-4-2-1-3-5-12)16(15(19)11-13)22-17(25)20-6-8-24-9-7-21-23-24/h1-5,7,9-11H,6,8H2,(H2,20,22,25). The van der Waals surface area contributed by atoms with Gasteiger partial charge in [0.2, 0.25) is 0 Å². The van der Waals surface area contributed by atoms with Crippen LogP contribution in [0, 0.1) is 11.6 Å². The predicted octanol–water partition coefficient (Wildman–Crippen LogP) is 3.05. The molecule has 0 fully saturated rings. The Morgan fingerprint density at radius 1 is 1.16 bits per heavy atom. The van der Waals surface area contributed by atoms with Gasteiger partial charge in [0.05, 0.1) is 18.4 Å². The molecule has 0 radical (unpaired) electrons. The predicted molar refractivity (Wildman–Crippen MR) is 88.8 cm³/mol. The van der Waals surface area contributed by atoms with E-state index in [0.717, 1.165) is 6.07 Å². The van der Waals surface area contributed by atoms with Crippen LogP contribution in [0.5, 0.6) is 0 Å². The number of nitrogens with zero attached hydrogens (tertiary/aromatic N) is 3. The number of nitrogens with one attached hydrogen (secondary N) is 2. The molecule has 2 N–H and O–H groups in total. The minimum absolute atomic E-state index is 0.0779. The van der Waals surface area contributed by atoms with Gasteiger partial charge in [0.25, 0.3) is 0 Å². The van der Waals surface area contributed by atoms with Crippen LogP contribution < -0.4 is 10.6 Å². The van der Waals surface area contributed by atoms with E-state index >= 15 is 0 Å². The van der Waals surface area contributed by atoms with Crippen LogP contribution in [0.4, 0.5) is 19.3 Å². The number of benzene rings is 2. The quantitative estimate of drug-likeness (QED) is 0.748. The summed E-state index contributed by atoms with van der Waals surface area (Å²) >= 11 is 0. The van der Waals surface area contributed by atoms with Gasteiger partial charge in [-0.3, -0.25) is 4.68 Å². The first kappa shape index (κ1) is 16.6. The molecule has 0 aliphatic carbocycles. The summed E-state index contributed by atoms with van der Waals surface area (Å²) in [6.07, 6.45) is 3.19. The molecule has 0 saturated heterocycles. The van der Waals surface area contributed by atoms with E-state index in [1.165, 1.54) is 12.3 Å². The second-order valence-electron chi connectivity index (χ2n) is 5.22. The van der Waals surface area contributed by atoms with Crippen LogP contribution in [0.15, 0.2) is 54.9 Å². The lowest BCUT2D eigenvalue weighted by atomic mass is 10.0. The molecule has 3 aromatic rings. The van der Waals surface area contributed by atoms with Crippen LogP contribution in [0.1, 0.15) is 0 Å². The number of anilines is 1. The van der Waals surface area contributed by atoms with Gasteiger partial charge in [-0.25, -0.2) is 13.6 Å².